The summed E-state index contributed by atoms with van der Waals surface area (Å²) in [5.41, 5.74) is 0.278. The highest BCUT2D eigenvalue weighted by molar-refractivity contribution is 4.89. The van der Waals surface area contributed by atoms with Gasteiger partial charge in [0.1, 0.15) is 0 Å². The van der Waals surface area contributed by atoms with Crippen molar-refractivity contribution in [3.63, 3.8) is 0 Å². The van der Waals surface area contributed by atoms with Crippen molar-refractivity contribution < 1.29 is 0 Å². The topological polar surface area (TPSA) is 29.3 Å². The van der Waals surface area contributed by atoms with Gasteiger partial charge in [-0.15, -0.1) is 0 Å². The summed E-state index contributed by atoms with van der Waals surface area (Å²) in [5, 5.41) is 1.95. The molecule has 0 amide bonds. The van der Waals surface area contributed by atoms with E-state index in [-0.39, 0.29) is 11.0 Å². The van der Waals surface area contributed by atoms with E-state index in [1.165, 1.54) is 0 Å². The molecule has 0 radical (unpaired) electrons. The molecule has 2 nitrogen and oxygen atoms in total. The second-order valence-electron chi connectivity index (χ2n) is 5.00. The van der Waals surface area contributed by atoms with Gasteiger partial charge >= 0.3 is 0 Å². The SMILES string of the molecule is CCCN(N)C(C)(C)C(C)(C)C. The molecular weight excluding hydrogens is 148 g/mol. The standard InChI is InChI=1S/C10H24N2/c1-7-8-12(11)10(5,6)9(2,3)4/h7-8,11H2,1-6H3. The third-order valence-electron chi connectivity index (χ3n) is 3.02. The molecule has 0 rings (SSSR count). The number of hydrogen-bond donors (Lipinski definition) is 1. The minimum Gasteiger partial charge on any atom is -0.268 e. The fraction of sp³-hybridized carbons (Fsp3) is 1.00. The van der Waals surface area contributed by atoms with Crippen molar-refractivity contribution in [2.75, 3.05) is 6.54 Å². The van der Waals surface area contributed by atoms with E-state index in [2.05, 4.69) is 41.5 Å². The van der Waals surface area contributed by atoms with E-state index in [1.54, 1.807) is 0 Å². The first kappa shape index (κ1) is 11.9. The average Bonchev–Trinajstić information content (AvgIpc) is 1.85. The normalized spacial score (nSPS) is 14.0. The summed E-state index contributed by atoms with van der Waals surface area (Å²) < 4.78 is 0. The lowest BCUT2D eigenvalue weighted by Gasteiger charge is -2.45. The van der Waals surface area contributed by atoms with Crippen LogP contribution in [0.4, 0.5) is 0 Å². The molecule has 74 valence electrons. The molecule has 0 aliphatic carbocycles. The van der Waals surface area contributed by atoms with E-state index in [9.17, 15) is 0 Å². The highest BCUT2D eigenvalue weighted by atomic mass is 15.4. The average molecular weight is 172 g/mol. The summed E-state index contributed by atoms with van der Waals surface area (Å²) in [4.78, 5) is 0. The number of rotatable bonds is 3. The quantitative estimate of drug-likeness (QED) is 0.523. The van der Waals surface area contributed by atoms with E-state index >= 15 is 0 Å². The third kappa shape index (κ3) is 2.46. The van der Waals surface area contributed by atoms with Crippen LogP contribution in [0, 0.1) is 5.41 Å². The van der Waals surface area contributed by atoms with E-state index in [0.29, 0.717) is 0 Å². The van der Waals surface area contributed by atoms with Crippen LogP contribution >= 0.6 is 0 Å². The summed E-state index contributed by atoms with van der Waals surface area (Å²) in [6, 6.07) is 0. The van der Waals surface area contributed by atoms with Gasteiger partial charge < -0.3 is 0 Å². The zero-order valence-corrected chi connectivity index (χ0v) is 9.44. The molecule has 0 spiro atoms. The van der Waals surface area contributed by atoms with Crippen LogP contribution in [0.3, 0.4) is 0 Å². The van der Waals surface area contributed by atoms with Crippen molar-refractivity contribution in [2.45, 2.75) is 53.5 Å². The monoisotopic (exact) mass is 172 g/mol. The van der Waals surface area contributed by atoms with Crippen molar-refractivity contribution in [2.24, 2.45) is 11.3 Å². The zero-order valence-electron chi connectivity index (χ0n) is 9.44. The first-order valence-corrected chi connectivity index (χ1v) is 4.76. The largest absolute Gasteiger partial charge is 0.268 e. The van der Waals surface area contributed by atoms with Crippen LogP contribution < -0.4 is 5.84 Å². The van der Waals surface area contributed by atoms with Crippen molar-refractivity contribution in [3.05, 3.63) is 0 Å². The fourth-order valence-corrected chi connectivity index (χ4v) is 0.951. The Morgan fingerprint density at radius 3 is 1.75 bits per heavy atom. The molecule has 0 saturated carbocycles. The highest BCUT2D eigenvalue weighted by Gasteiger charge is 2.36. The Bertz CT molecular complexity index is 133. The van der Waals surface area contributed by atoms with Gasteiger partial charge in [0.15, 0.2) is 0 Å². The Hall–Kier alpha value is -0.0800. The lowest BCUT2D eigenvalue weighted by Crippen LogP contribution is -2.56. The van der Waals surface area contributed by atoms with Crippen LogP contribution in [0.25, 0.3) is 0 Å². The Labute approximate surface area is 77.1 Å². The molecule has 0 aromatic heterocycles. The maximum absolute atomic E-state index is 5.98. The Balaban J connectivity index is 4.38. The molecule has 0 aromatic carbocycles. The van der Waals surface area contributed by atoms with Gasteiger partial charge in [-0.25, -0.2) is 5.01 Å². The summed E-state index contributed by atoms with van der Waals surface area (Å²) in [7, 11) is 0. The first-order valence-electron chi connectivity index (χ1n) is 4.76. The molecule has 0 atom stereocenters. The van der Waals surface area contributed by atoms with Crippen molar-refractivity contribution >= 4 is 0 Å². The van der Waals surface area contributed by atoms with E-state index in [4.69, 9.17) is 5.84 Å². The van der Waals surface area contributed by atoms with Gasteiger partial charge in [0.05, 0.1) is 0 Å². The van der Waals surface area contributed by atoms with Gasteiger partial charge in [0.2, 0.25) is 0 Å². The molecule has 0 unspecified atom stereocenters. The summed E-state index contributed by atoms with van der Waals surface area (Å²) >= 11 is 0. The van der Waals surface area contributed by atoms with Gasteiger partial charge in [-0.2, -0.15) is 0 Å². The van der Waals surface area contributed by atoms with Gasteiger partial charge in [-0.1, -0.05) is 27.7 Å². The zero-order chi connectivity index (χ0) is 9.99. The van der Waals surface area contributed by atoms with Crippen LogP contribution in [0.2, 0.25) is 0 Å². The molecule has 0 heterocycles. The minimum absolute atomic E-state index is 0.0585. The van der Waals surface area contributed by atoms with Gasteiger partial charge in [0.25, 0.3) is 0 Å². The molecule has 0 aliphatic rings. The predicted molar refractivity (Wildman–Crippen MR) is 54.7 cm³/mol. The third-order valence-corrected chi connectivity index (χ3v) is 3.02. The Morgan fingerprint density at radius 2 is 1.50 bits per heavy atom. The first-order chi connectivity index (χ1) is 5.23. The predicted octanol–water partition coefficient (Wildman–Crippen LogP) is 2.40. The van der Waals surface area contributed by atoms with Gasteiger partial charge in [-0.3, -0.25) is 5.84 Å². The Kier molecular flexibility index (Phi) is 3.73. The van der Waals surface area contributed by atoms with Crippen molar-refractivity contribution in [1.82, 2.24) is 5.01 Å². The second kappa shape index (κ2) is 3.75. The van der Waals surface area contributed by atoms with E-state index in [0.717, 1.165) is 13.0 Å². The van der Waals surface area contributed by atoms with Crippen LogP contribution in [-0.2, 0) is 0 Å². The number of nitrogens with two attached hydrogens (primary N) is 1. The maximum atomic E-state index is 5.98. The maximum Gasteiger partial charge on any atom is 0.0343 e. The number of hydrazine groups is 1. The number of hydrogen-bond acceptors (Lipinski definition) is 2. The number of nitrogens with zero attached hydrogens (tertiary/aromatic N) is 1. The summed E-state index contributed by atoms with van der Waals surface area (Å²) in [6.07, 6.45) is 1.11. The van der Waals surface area contributed by atoms with Crippen LogP contribution in [0.15, 0.2) is 0 Å². The molecule has 0 aromatic rings. The smallest absolute Gasteiger partial charge is 0.0343 e. The van der Waals surface area contributed by atoms with Crippen LogP contribution in [-0.4, -0.2) is 17.1 Å². The molecule has 0 saturated heterocycles. The Morgan fingerprint density at radius 1 is 1.08 bits per heavy atom. The van der Waals surface area contributed by atoms with Crippen LogP contribution in [0.1, 0.15) is 48.0 Å². The molecule has 0 bridgehead atoms. The summed E-state index contributed by atoms with van der Waals surface area (Å²) in [6.45, 7) is 14.2. The minimum atomic E-state index is 0.0585. The molecule has 0 fully saturated rings. The molecule has 12 heavy (non-hydrogen) atoms. The summed E-state index contributed by atoms with van der Waals surface area (Å²) in [5.74, 6) is 5.98. The van der Waals surface area contributed by atoms with E-state index < -0.39 is 0 Å². The molecule has 0 aliphatic heterocycles. The van der Waals surface area contributed by atoms with Crippen molar-refractivity contribution in [1.29, 1.82) is 0 Å². The van der Waals surface area contributed by atoms with Crippen LogP contribution in [0.5, 0.6) is 0 Å². The lowest BCUT2D eigenvalue weighted by molar-refractivity contribution is 0.0211. The molecule has 2 heteroatoms. The second-order valence-corrected chi connectivity index (χ2v) is 5.00. The highest BCUT2D eigenvalue weighted by Crippen LogP contribution is 2.33. The molecular formula is C10H24N2. The fourth-order valence-electron chi connectivity index (χ4n) is 0.951. The van der Waals surface area contributed by atoms with E-state index in [1.807, 2.05) is 5.01 Å². The van der Waals surface area contributed by atoms with Gasteiger partial charge in [-0.05, 0) is 25.7 Å². The molecule has 2 N–H and O–H groups in total. The van der Waals surface area contributed by atoms with Crippen molar-refractivity contribution in [3.8, 4) is 0 Å². The lowest BCUT2D eigenvalue weighted by atomic mass is 9.76. The van der Waals surface area contributed by atoms with Gasteiger partial charge in [0, 0.05) is 12.1 Å².